The van der Waals surface area contributed by atoms with Crippen LogP contribution in [0.4, 0.5) is 0 Å². The highest BCUT2D eigenvalue weighted by molar-refractivity contribution is 9.10. The van der Waals surface area contributed by atoms with Crippen molar-refractivity contribution in [3.05, 3.63) is 46.5 Å². The average Bonchev–Trinajstić information content (AvgIpc) is 2.95. The first kappa shape index (κ1) is 16.0. The van der Waals surface area contributed by atoms with Gasteiger partial charge in [-0.25, -0.2) is 4.98 Å². The van der Waals surface area contributed by atoms with E-state index in [0.29, 0.717) is 6.61 Å². The molecule has 0 saturated carbocycles. The predicted molar refractivity (Wildman–Crippen MR) is 88.4 cm³/mol. The van der Waals surface area contributed by atoms with Crippen molar-refractivity contribution in [2.24, 2.45) is 0 Å². The SMILES string of the molecule is CCCNCc1cc(OCc2nccn2CC)ccc1Br. The van der Waals surface area contributed by atoms with Gasteiger partial charge >= 0.3 is 0 Å². The lowest BCUT2D eigenvalue weighted by Crippen LogP contribution is -2.14. The molecule has 1 aromatic carbocycles. The van der Waals surface area contributed by atoms with Crippen LogP contribution in [0.5, 0.6) is 5.75 Å². The van der Waals surface area contributed by atoms with Gasteiger partial charge in [0.05, 0.1) is 0 Å². The first-order valence-corrected chi connectivity index (χ1v) is 8.15. The van der Waals surface area contributed by atoms with E-state index in [2.05, 4.69) is 50.7 Å². The standard InChI is InChI=1S/C16H22BrN3O/c1-3-7-18-11-13-10-14(5-6-15(13)17)21-12-16-19-8-9-20(16)4-2/h5-6,8-10,18H,3-4,7,11-12H2,1-2H3. The lowest BCUT2D eigenvalue weighted by molar-refractivity contribution is 0.289. The van der Waals surface area contributed by atoms with Gasteiger partial charge in [0.2, 0.25) is 0 Å². The fourth-order valence-electron chi connectivity index (χ4n) is 2.09. The van der Waals surface area contributed by atoms with Crippen molar-refractivity contribution < 1.29 is 4.74 Å². The molecule has 0 spiro atoms. The molecule has 2 aromatic rings. The van der Waals surface area contributed by atoms with Crippen LogP contribution in [0.2, 0.25) is 0 Å². The Morgan fingerprint density at radius 3 is 2.95 bits per heavy atom. The van der Waals surface area contributed by atoms with Gasteiger partial charge in [-0.05, 0) is 43.7 Å². The zero-order chi connectivity index (χ0) is 15.1. The number of ether oxygens (including phenoxy) is 1. The highest BCUT2D eigenvalue weighted by atomic mass is 79.9. The van der Waals surface area contributed by atoms with Crippen LogP contribution >= 0.6 is 15.9 Å². The lowest BCUT2D eigenvalue weighted by Gasteiger charge is -2.11. The molecule has 21 heavy (non-hydrogen) atoms. The molecular weight excluding hydrogens is 330 g/mol. The Bertz CT molecular complexity index is 568. The fraction of sp³-hybridized carbons (Fsp3) is 0.438. The van der Waals surface area contributed by atoms with E-state index in [1.54, 1.807) is 0 Å². The molecule has 0 saturated heterocycles. The largest absolute Gasteiger partial charge is 0.486 e. The Labute approximate surface area is 134 Å². The van der Waals surface area contributed by atoms with Gasteiger partial charge in [-0.1, -0.05) is 22.9 Å². The van der Waals surface area contributed by atoms with E-state index >= 15 is 0 Å². The topological polar surface area (TPSA) is 39.1 Å². The molecule has 114 valence electrons. The minimum absolute atomic E-state index is 0.490. The van der Waals surface area contributed by atoms with Crippen LogP contribution in [-0.4, -0.2) is 16.1 Å². The molecule has 0 aliphatic rings. The molecule has 0 amide bonds. The second-order valence-corrected chi connectivity index (χ2v) is 5.70. The quantitative estimate of drug-likeness (QED) is 0.736. The maximum Gasteiger partial charge on any atom is 0.146 e. The van der Waals surface area contributed by atoms with Crippen LogP contribution < -0.4 is 10.1 Å². The van der Waals surface area contributed by atoms with Crippen molar-refractivity contribution in [3.8, 4) is 5.75 Å². The number of rotatable bonds is 8. The van der Waals surface area contributed by atoms with Crippen LogP contribution in [0.15, 0.2) is 35.1 Å². The molecule has 0 aliphatic carbocycles. The van der Waals surface area contributed by atoms with Crippen molar-refractivity contribution in [2.45, 2.75) is 40.0 Å². The third kappa shape index (κ3) is 4.58. The molecule has 2 rings (SSSR count). The number of halogens is 1. The second kappa shape index (κ2) is 8.20. The summed E-state index contributed by atoms with van der Waals surface area (Å²) in [6.45, 7) is 7.52. The predicted octanol–water partition coefficient (Wildman–Crippen LogP) is 3.74. The van der Waals surface area contributed by atoms with E-state index in [9.17, 15) is 0 Å². The molecule has 1 heterocycles. The van der Waals surface area contributed by atoms with Gasteiger partial charge in [0.15, 0.2) is 0 Å². The van der Waals surface area contributed by atoms with Crippen molar-refractivity contribution in [2.75, 3.05) is 6.54 Å². The lowest BCUT2D eigenvalue weighted by atomic mass is 10.2. The summed E-state index contributed by atoms with van der Waals surface area (Å²) < 4.78 is 9.05. The molecule has 0 aliphatic heterocycles. The van der Waals surface area contributed by atoms with Gasteiger partial charge in [0.1, 0.15) is 18.2 Å². The number of hydrogen-bond donors (Lipinski definition) is 1. The summed E-state index contributed by atoms with van der Waals surface area (Å²) in [5.41, 5.74) is 1.21. The smallest absolute Gasteiger partial charge is 0.146 e. The molecule has 1 N–H and O–H groups in total. The highest BCUT2D eigenvalue weighted by Crippen LogP contribution is 2.23. The summed E-state index contributed by atoms with van der Waals surface area (Å²) in [6.07, 6.45) is 4.91. The van der Waals surface area contributed by atoms with Crippen molar-refractivity contribution in [1.82, 2.24) is 14.9 Å². The summed E-state index contributed by atoms with van der Waals surface area (Å²) in [5, 5.41) is 3.41. The zero-order valence-electron chi connectivity index (χ0n) is 12.6. The molecule has 0 unspecified atom stereocenters. The molecule has 0 atom stereocenters. The fourth-order valence-corrected chi connectivity index (χ4v) is 2.48. The van der Waals surface area contributed by atoms with Crippen molar-refractivity contribution in [3.63, 3.8) is 0 Å². The molecule has 1 aromatic heterocycles. The Hall–Kier alpha value is -1.33. The molecule has 0 fully saturated rings. The minimum atomic E-state index is 0.490. The van der Waals surface area contributed by atoms with E-state index in [1.165, 1.54) is 5.56 Å². The van der Waals surface area contributed by atoms with Crippen LogP contribution in [0.1, 0.15) is 31.7 Å². The number of benzene rings is 1. The number of aromatic nitrogens is 2. The maximum atomic E-state index is 5.86. The number of hydrogen-bond acceptors (Lipinski definition) is 3. The third-order valence-corrected chi connectivity index (χ3v) is 4.04. The van der Waals surface area contributed by atoms with Gasteiger partial charge in [-0.3, -0.25) is 0 Å². The highest BCUT2D eigenvalue weighted by Gasteiger charge is 2.05. The summed E-state index contributed by atoms with van der Waals surface area (Å²) in [4.78, 5) is 4.32. The average molecular weight is 352 g/mol. The van der Waals surface area contributed by atoms with Crippen LogP contribution in [0.3, 0.4) is 0 Å². The molecule has 0 radical (unpaired) electrons. The molecule has 0 bridgehead atoms. The summed E-state index contributed by atoms with van der Waals surface area (Å²) in [6, 6.07) is 6.09. The monoisotopic (exact) mass is 351 g/mol. The third-order valence-electron chi connectivity index (χ3n) is 3.27. The minimum Gasteiger partial charge on any atom is -0.486 e. The Balaban J connectivity index is 1.98. The Kier molecular flexibility index (Phi) is 6.26. The normalized spacial score (nSPS) is 10.8. The van der Waals surface area contributed by atoms with Gasteiger partial charge in [0.25, 0.3) is 0 Å². The molecular formula is C16H22BrN3O. The first-order chi connectivity index (χ1) is 10.2. The van der Waals surface area contributed by atoms with E-state index in [1.807, 2.05) is 24.5 Å². The van der Waals surface area contributed by atoms with Gasteiger partial charge in [0, 0.05) is 30.0 Å². The number of imidazole rings is 1. The van der Waals surface area contributed by atoms with Crippen LogP contribution in [0.25, 0.3) is 0 Å². The zero-order valence-corrected chi connectivity index (χ0v) is 14.2. The van der Waals surface area contributed by atoms with E-state index in [-0.39, 0.29) is 0 Å². The van der Waals surface area contributed by atoms with Crippen LogP contribution in [-0.2, 0) is 19.7 Å². The summed E-state index contributed by atoms with van der Waals surface area (Å²) in [7, 11) is 0. The van der Waals surface area contributed by atoms with Gasteiger partial charge in [-0.15, -0.1) is 0 Å². The Morgan fingerprint density at radius 1 is 1.33 bits per heavy atom. The number of nitrogens with one attached hydrogen (secondary N) is 1. The van der Waals surface area contributed by atoms with Crippen molar-refractivity contribution >= 4 is 15.9 Å². The second-order valence-electron chi connectivity index (χ2n) is 4.85. The molecule has 4 nitrogen and oxygen atoms in total. The van der Waals surface area contributed by atoms with Crippen molar-refractivity contribution in [1.29, 1.82) is 0 Å². The van der Waals surface area contributed by atoms with E-state index in [0.717, 1.165) is 42.1 Å². The van der Waals surface area contributed by atoms with E-state index < -0.39 is 0 Å². The van der Waals surface area contributed by atoms with Crippen LogP contribution in [0, 0.1) is 0 Å². The maximum absolute atomic E-state index is 5.86. The van der Waals surface area contributed by atoms with Gasteiger partial charge in [-0.2, -0.15) is 0 Å². The first-order valence-electron chi connectivity index (χ1n) is 7.36. The molecule has 5 heteroatoms. The Morgan fingerprint density at radius 2 is 2.19 bits per heavy atom. The number of nitrogens with zero attached hydrogens (tertiary/aromatic N) is 2. The van der Waals surface area contributed by atoms with Gasteiger partial charge < -0.3 is 14.6 Å². The summed E-state index contributed by atoms with van der Waals surface area (Å²) in [5.74, 6) is 1.82. The number of aryl methyl sites for hydroxylation is 1. The van der Waals surface area contributed by atoms with E-state index in [4.69, 9.17) is 4.74 Å². The summed E-state index contributed by atoms with van der Waals surface area (Å²) >= 11 is 3.58.